The molecule has 0 spiro atoms. The zero-order valence-corrected chi connectivity index (χ0v) is 17.9. The molecule has 0 saturated carbocycles. The van der Waals surface area contributed by atoms with Gasteiger partial charge in [0.2, 0.25) is 5.91 Å². The topological polar surface area (TPSA) is 107 Å². The van der Waals surface area contributed by atoms with Gasteiger partial charge in [-0.15, -0.1) is 0 Å². The second-order valence-electron chi connectivity index (χ2n) is 7.21. The van der Waals surface area contributed by atoms with Crippen LogP contribution in [-0.4, -0.2) is 26.7 Å². The van der Waals surface area contributed by atoms with Crippen molar-refractivity contribution in [3.8, 4) is 5.69 Å². The number of primary amides is 1. The minimum atomic E-state index is -0.912. The van der Waals surface area contributed by atoms with E-state index in [0.29, 0.717) is 21.7 Å². The maximum atomic E-state index is 13.3. The third kappa shape index (κ3) is 4.54. The number of fused-ring (bicyclic) bond motifs is 1. The molecule has 1 unspecified atom stereocenters. The van der Waals surface area contributed by atoms with Crippen LogP contribution < -0.4 is 16.6 Å². The van der Waals surface area contributed by atoms with Crippen molar-refractivity contribution in [2.24, 2.45) is 11.7 Å². The molecule has 7 nitrogen and oxygen atoms in total. The third-order valence-corrected chi connectivity index (χ3v) is 6.19. The minimum absolute atomic E-state index is 0.131. The van der Waals surface area contributed by atoms with Crippen molar-refractivity contribution in [3.63, 3.8) is 0 Å². The summed E-state index contributed by atoms with van der Waals surface area (Å²) in [6.45, 7) is 5.78. The molecule has 1 atom stereocenters. The van der Waals surface area contributed by atoms with Crippen LogP contribution in [0.25, 0.3) is 16.6 Å². The Labute approximate surface area is 178 Å². The number of thioether (sulfide) groups is 1. The van der Waals surface area contributed by atoms with Gasteiger partial charge in [-0.25, -0.2) is 9.78 Å². The van der Waals surface area contributed by atoms with E-state index in [1.807, 2.05) is 44.2 Å². The van der Waals surface area contributed by atoms with Gasteiger partial charge in [0, 0.05) is 0 Å². The number of benzene rings is 2. The molecule has 3 N–H and O–H groups in total. The van der Waals surface area contributed by atoms with Gasteiger partial charge in [0.1, 0.15) is 0 Å². The van der Waals surface area contributed by atoms with E-state index in [9.17, 15) is 14.4 Å². The van der Waals surface area contributed by atoms with E-state index in [-0.39, 0.29) is 11.5 Å². The lowest BCUT2D eigenvalue weighted by molar-refractivity contribution is -0.120. The van der Waals surface area contributed by atoms with Gasteiger partial charge in [0.25, 0.3) is 5.56 Å². The lowest BCUT2D eigenvalue weighted by Gasteiger charge is -2.21. The molecule has 2 aromatic carbocycles. The highest BCUT2D eigenvalue weighted by Gasteiger charge is 2.27. The standard InChI is InChI=1S/C22H24N4O3S/c1-4-14-9-11-15(12-10-14)26-20(28)16-7-5-6-8-17(16)24-22(26)30-18(13(2)3)19(27)25-21(23)29/h5-13,18H,4H2,1-3H3,(H3,23,25,27,29). The Hall–Kier alpha value is -3.13. The SMILES string of the molecule is CCc1ccc(-n2c(SC(C(=O)NC(N)=O)C(C)C)nc3ccccc3c2=O)cc1. The van der Waals surface area contributed by atoms with Crippen LogP contribution >= 0.6 is 11.8 Å². The maximum Gasteiger partial charge on any atom is 0.318 e. The molecule has 0 saturated heterocycles. The summed E-state index contributed by atoms with van der Waals surface area (Å²) >= 11 is 1.14. The van der Waals surface area contributed by atoms with Crippen LogP contribution in [0.15, 0.2) is 58.5 Å². The molecule has 0 bridgehead atoms. The predicted octanol–water partition coefficient (Wildman–Crippen LogP) is 3.26. The zero-order chi connectivity index (χ0) is 21.8. The van der Waals surface area contributed by atoms with Crippen LogP contribution in [0.2, 0.25) is 0 Å². The highest BCUT2D eigenvalue weighted by molar-refractivity contribution is 8.00. The van der Waals surface area contributed by atoms with Crippen LogP contribution in [0, 0.1) is 5.92 Å². The van der Waals surface area contributed by atoms with Crippen molar-refractivity contribution >= 4 is 34.6 Å². The highest BCUT2D eigenvalue weighted by atomic mass is 32.2. The summed E-state index contributed by atoms with van der Waals surface area (Å²) in [4.78, 5) is 41.7. The molecule has 8 heteroatoms. The number of rotatable bonds is 6. The first kappa shape index (κ1) is 21.6. The van der Waals surface area contributed by atoms with Gasteiger partial charge in [-0.05, 0) is 42.2 Å². The number of hydrogen-bond acceptors (Lipinski definition) is 5. The van der Waals surface area contributed by atoms with Crippen LogP contribution in [0.4, 0.5) is 4.79 Å². The van der Waals surface area contributed by atoms with E-state index in [0.717, 1.165) is 23.7 Å². The molecule has 0 fully saturated rings. The van der Waals surface area contributed by atoms with E-state index < -0.39 is 17.2 Å². The molecule has 30 heavy (non-hydrogen) atoms. The van der Waals surface area contributed by atoms with Crippen molar-refractivity contribution in [2.75, 3.05) is 0 Å². The lowest BCUT2D eigenvalue weighted by Crippen LogP contribution is -2.42. The average molecular weight is 425 g/mol. The number of para-hydroxylation sites is 1. The number of carbonyl (C=O) groups excluding carboxylic acids is 2. The van der Waals surface area contributed by atoms with Crippen molar-refractivity contribution < 1.29 is 9.59 Å². The van der Waals surface area contributed by atoms with Gasteiger partial charge >= 0.3 is 6.03 Å². The van der Waals surface area contributed by atoms with E-state index in [2.05, 4.69) is 17.2 Å². The Bertz CT molecular complexity index is 1140. The number of carbonyl (C=O) groups is 2. The predicted molar refractivity (Wildman–Crippen MR) is 119 cm³/mol. The number of aryl methyl sites for hydroxylation is 1. The molecule has 0 radical (unpaired) electrons. The van der Waals surface area contributed by atoms with E-state index in [1.54, 1.807) is 18.2 Å². The molecule has 0 aliphatic rings. The molecule has 3 aromatic rings. The minimum Gasteiger partial charge on any atom is -0.351 e. The molecular weight excluding hydrogens is 400 g/mol. The summed E-state index contributed by atoms with van der Waals surface area (Å²) < 4.78 is 1.51. The number of nitrogens with two attached hydrogens (primary N) is 1. The largest absolute Gasteiger partial charge is 0.351 e. The average Bonchev–Trinajstić information content (AvgIpc) is 2.71. The number of imide groups is 1. The van der Waals surface area contributed by atoms with Crippen molar-refractivity contribution in [2.45, 2.75) is 37.6 Å². The van der Waals surface area contributed by atoms with Gasteiger partial charge < -0.3 is 5.73 Å². The molecule has 1 heterocycles. The summed E-state index contributed by atoms with van der Waals surface area (Å²) in [5, 5.41) is 2.34. The maximum absolute atomic E-state index is 13.3. The normalized spacial score (nSPS) is 12.1. The van der Waals surface area contributed by atoms with Gasteiger partial charge in [0.05, 0.1) is 21.8 Å². The fourth-order valence-electron chi connectivity index (χ4n) is 3.10. The fourth-order valence-corrected chi connectivity index (χ4v) is 4.21. The number of aromatic nitrogens is 2. The lowest BCUT2D eigenvalue weighted by atomic mass is 10.1. The third-order valence-electron chi connectivity index (χ3n) is 4.69. The Morgan fingerprint density at radius 2 is 1.80 bits per heavy atom. The van der Waals surface area contributed by atoms with Crippen molar-refractivity contribution in [1.29, 1.82) is 0 Å². The first-order chi connectivity index (χ1) is 14.3. The van der Waals surface area contributed by atoms with Gasteiger partial charge in [-0.2, -0.15) is 0 Å². The smallest absolute Gasteiger partial charge is 0.318 e. The summed E-state index contributed by atoms with van der Waals surface area (Å²) in [5.41, 5.74) is 7.26. The molecule has 3 rings (SSSR count). The Balaban J connectivity index is 2.17. The van der Waals surface area contributed by atoms with Gasteiger partial charge in [0.15, 0.2) is 5.16 Å². The Morgan fingerprint density at radius 3 is 2.40 bits per heavy atom. The quantitative estimate of drug-likeness (QED) is 0.467. The van der Waals surface area contributed by atoms with Crippen LogP contribution in [-0.2, 0) is 11.2 Å². The number of urea groups is 1. The van der Waals surface area contributed by atoms with E-state index in [1.165, 1.54) is 4.57 Å². The summed E-state index contributed by atoms with van der Waals surface area (Å²) in [6, 6.07) is 13.8. The Morgan fingerprint density at radius 1 is 1.13 bits per heavy atom. The summed E-state index contributed by atoms with van der Waals surface area (Å²) in [5.74, 6) is -0.647. The van der Waals surface area contributed by atoms with Crippen LogP contribution in [0.5, 0.6) is 0 Å². The summed E-state index contributed by atoms with van der Waals surface area (Å²) in [6.07, 6.45) is 0.884. The summed E-state index contributed by atoms with van der Waals surface area (Å²) in [7, 11) is 0. The van der Waals surface area contributed by atoms with E-state index >= 15 is 0 Å². The highest BCUT2D eigenvalue weighted by Crippen LogP contribution is 2.29. The van der Waals surface area contributed by atoms with Gasteiger partial charge in [-0.1, -0.05) is 56.8 Å². The Kier molecular flexibility index (Phi) is 6.56. The van der Waals surface area contributed by atoms with Crippen molar-refractivity contribution in [3.05, 3.63) is 64.4 Å². The second-order valence-corrected chi connectivity index (χ2v) is 8.32. The first-order valence-corrected chi connectivity index (χ1v) is 10.6. The monoisotopic (exact) mass is 424 g/mol. The molecule has 3 amide bonds. The van der Waals surface area contributed by atoms with Crippen molar-refractivity contribution in [1.82, 2.24) is 14.9 Å². The second kappa shape index (κ2) is 9.13. The molecular formula is C22H24N4O3S. The number of amides is 3. The number of nitrogens with one attached hydrogen (secondary N) is 1. The zero-order valence-electron chi connectivity index (χ0n) is 17.1. The van der Waals surface area contributed by atoms with Crippen LogP contribution in [0.3, 0.4) is 0 Å². The molecule has 0 aliphatic carbocycles. The van der Waals surface area contributed by atoms with Crippen LogP contribution in [0.1, 0.15) is 26.3 Å². The molecule has 1 aromatic heterocycles. The first-order valence-electron chi connectivity index (χ1n) is 9.69. The fraction of sp³-hybridized carbons (Fsp3) is 0.273. The molecule has 156 valence electrons. The molecule has 0 aliphatic heterocycles. The number of hydrogen-bond donors (Lipinski definition) is 2. The van der Waals surface area contributed by atoms with E-state index in [4.69, 9.17) is 5.73 Å². The van der Waals surface area contributed by atoms with Gasteiger partial charge in [-0.3, -0.25) is 19.5 Å². The number of nitrogens with zero attached hydrogens (tertiary/aromatic N) is 2.